The number of nitrogens with zero attached hydrogens (tertiary/aromatic N) is 1. The van der Waals surface area contributed by atoms with Gasteiger partial charge in [-0.05, 0) is 29.3 Å². The largest absolute Gasteiger partial charge is 0.493 e. The van der Waals surface area contributed by atoms with Crippen molar-refractivity contribution in [3.63, 3.8) is 0 Å². The zero-order valence-corrected chi connectivity index (χ0v) is 13.0. The highest BCUT2D eigenvalue weighted by Gasteiger charge is 2.09. The van der Waals surface area contributed by atoms with Crippen molar-refractivity contribution in [2.75, 3.05) is 12.8 Å². The maximum absolute atomic E-state index is 5.85. The van der Waals surface area contributed by atoms with Crippen LogP contribution in [0.3, 0.4) is 0 Å². The summed E-state index contributed by atoms with van der Waals surface area (Å²) >= 11 is 1.45. The molecule has 0 spiro atoms. The Morgan fingerprint density at radius 3 is 2.59 bits per heavy atom. The van der Waals surface area contributed by atoms with Gasteiger partial charge in [0.05, 0.1) is 12.0 Å². The van der Waals surface area contributed by atoms with E-state index in [1.807, 2.05) is 48.5 Å². The fourth-order valence-corrected chi connectivity index (χ4v) is 2.78. The lowest BCUT2D eigenvalue weighted by atomic mass is 10.2. The Kier molecular flexibility index (Phi) is 4.25. The second-order valence-electron chi connectivity index (χ2n) is 4.70. The van der Waals surface area contributed by atoms with E-state index in [0.29, 0.717) is 23.2 Å². The van der Waals surface area contributed by atoms with E-state index in [1.165, 1.54) is 11.3 Å². The topological polar surface area (TPSA) is 57.4 Å². The molecule has 0 amide bonds. The van der Waals surface area contributed by atoms with E-state index in [4.69, 9.17) is 15.2 Å². The lowest BCUT2D eigenvalue weighted by Crippen LogP contribution is -1.97. The first-order valence-electron chi connectivity index (χ1n) is 6.82. The normalized spacial score (nSPS) is 10.4. The molecule has 3 rings (SSSR count). The molecule has 3 aromatic rings. The first-order chi connectivity index (χ1) is 10.8. The Morgan fingerprint density at radius 2 is 1.91 bits per heavy atom. The lowest BCUT2D eigenvalue weighted by molar-refractivity contribution is 0.284. The number of hydrogen-bond donors (Lipinski definition) is 1. The van der Waals surface area contributed by atoms with E-state index in [0.717, 1.165) is 16.0 Å². The van der Waals surface area contributed by atoms with Crippen molar-refractivity contribution in [3.8, 4) is 21.9 Å². The number of thiazole rings is 1. The Hall–Kier alpha value is -2.53. The fourth-order valence-electron chi connectivity index (χ4n) is 2.10. The first-order valence-corrected chi connectivity index (χ1v) is 7.64. The van der Waals surface area contributed by atoms with Gasteiger partial charge in [0.15, 0.2) is 16.6 Å². The molecule has 22 heavy (non-hydrogen) atoms. The van der Waals surface area contributed by atoms with Crippen LogP contribution >= 0.6 is 11.3 Å². The summed E-state index contributed by atoms with van der Waals surface area (Å²) in [5, 5.41) is 0.554. The van der Waals surface area contributed by atoms with Crippen LogP contribution in [0.5, 0.6) is 11.5 Å². The van der Waals surface area contributed by atoms with Crippen molar-refractivity contribution in [1.29, 1.82) is 0 Å². The molecular weight excluding hydrogens is 296 g/mol. The average Bonchev–Trinajstić information content (AvgIpc) is 3.00. The van der Waals surface area contributed by atoms with Crippen LogP contribution in [0.1, 0.15) is 5.56 Å². The molecule has 4 nitrogen and oxygen atoms in total. The Morgan fingerprint density at radius 1 is 1.09 bits per heavy atom. The van der Waals surface area contributed by atoms with Crippen molar-refractivity contribution < 1.29 is 9.47 Å². The van der Waals surface area contributed by atoms with Gasteiger partial charge in [-0.25, -0.2) is 4.98 Å². The molecule has 0 saturated carbocycles. The minimum absolute atomic E-state index is 0.504. The van der Waals surface area contributed by atoms with E-state index in [2.05, 4.69) is 4.98 Å². The SMILES string of the molecule is COc1cc(-c2cnc(N)s2)ccc1OCc1ccccc1. The number of rotatable bonds is 5. The summed E-state index contributed by atoms with van der Waals surface area (Å²) in [5.74, 6) is 1.41. The van der Waals surface area contributed by atoms with Gasteiger partial charge in [-0.1, -0.05) is 41.7 Å². The highest BCUT2D eigenvalue weighted by atomic mass is 32.1. The molecule has 112 valence electrons. The number of hydrogen-bond acceptors (Lipinski definition) is 5. The molecule has 2 aromatic carbocycles. The molecule has 0 aliphatic carbocycles. The number of ether oxygens (including phenoxy) is 2. The van der Waals surface area contributed by atoms with E-state index in [9.17, 15) is 0 Å². The molecule has 0 aliphatic heterocycles. The molecule has 0 radical (unpaired) electrons. The van der Waals surface area contributed by atoms with Gasteiger partial charge in [0, 0.05) is 6.20 Å². The number of nitrogens with two attached hydrogens (primary N) is 1. The van der Waals surface area contributed by atoms with Gasteiger partial charge in [0.1, 0.15) is 6.61 Å². The fraction of sp³-hybridized carbons (Fsp3) is 0.118. The number of methoxy groups -OCH3 is 1. The molecule has 0 saturated heterocycles. The smallest absolute Gasteiger partial charge is 0.180 e. The standard InChI is InChI=1S/C17H16N2O2S/c1-20-15-9-13(16-10-19-17(18)22-16)7-8-14(15)21-11-12-5-3-2-4-6-12/h2-10H,11H2,1H3,(H2,18,19). The molecule has 0 bridgehead atoms. The van der Waals surface area contributed by atoms with E-state index in [1.54, 1.807) is 13.3 Å². The molecule has 2 N–H and O–H groups in total. The van der Waals surface area contributed by atoms with Gasteiger partial charge >= 0.3 is 0 Å². The van der Waals surface area contributed by atoms with Crippen LogP contribution in [-0.2, 0) is 6.61 Å². The minimum Gasteiger partial charge on any atom is -0.493 e. The van der Waals surface area contributed by atoms with Crippen LogP contribution in [-0.4, -0.2) is 12.1 Å². The molecule has 1 heterocycles. The minimum atomic E-state index is 0.504. The van der Waals surface area contributed by atoms with Gasteiger partial charge in [0.2, 0.25) is 0 Å². The molecule has 0 aliphatic rings. The monoisotopic (exact) mass is 312 g/mol. The van der Waals surface area contributed by atoms with Crippen molar-refractivity contribution in [1.82, 2.24) is 4.98 Å². The van der Waals surface area contributed by atoms with Gasteiger partial charge in [-0.2, -0.15) is 0 Å². The summed E-state index contributed by atoms with van der Waals surface area (Å²) in [6.07, 6.45) is 1.76. The molecule has 5 heteroatoms. The summed E-state index contributed by atoms with van der Waals surface area (Å²) < 4.78 is 11.3. The number of aromatic nitrogens is 1. The van der Waals surface area contributed by atoms with Crippen molar-refractivity contribution >= 4 is 16.5 Å². The zero-order valence-electron chi connectivity index (χ0n) is 12.2. The molecule has 0 unspecified atom stereocenters. The highest BCUT2D eigenvalue weighted by molar-refractivity contribution is 7.18. The van der Waals surface area contributed by atoms with Gasteiger partial charge < -0.3 is 15.2 Å². The van der Waals surface area contributed by atoms with Gasteiger partial charge in [0.25, 0.3) is 0 Å². The quantitative estimate of drug-likeness (QED) is 0.774. The summed E-state index contributed by atoms with van der Waals surface area (Å²) in [7, 11) is 1.63. The predicted molar refractivity (Wildman–Crippen MR) is 89.3 cm³/mol. The third-order valence-corrected chi connectivity index (χ3v) is 4.08. The van der Waals surface area contributed by atoms with Crippen molar-refractivity contribution in [2.45, 2.75) is 6.61 Å². The van der Waals surface area contributed by atoms with Crippen molar-refractivity contribution in [3.05, 3.63) is 60.3 Å². The maximum atomic E-state index is 5.85. The second kappa shape index (κ2) is 6.49. The van der Waals surface area contributed by atoms with E-state index < -0.39 is 0 Å². The molecule has 0 atom stereocenters. The number of nitrogen functional groups attached to an aromatic ring is 1. The first kappa shape index (κ1) is 14.4. The summed E-state index contributed by atoms with van der Waals surface area (Å²) in [5.41, 5.74) is 7.81. The summed E-state index contributed by atoms with van der Waals surface area (Å²) in [4.78, 5) is 5.08. The van der Waals surface area contributed by atoms with Gasteiger partial charge in [-0.15, -0.1) is 0 Å². The average molecular weight is 312 g/mol. The molecule has 1 aromatic heterocycles. The summed E-state index contributed by atoms with van der Waals surface area (Å²) in [6, 6.07) is 15.9. The lowest BCUT2D eigenvalue weighted by Gasteiger charge is -2.11. The maximum Gasteiger partial charge on any atom is 0.180 e. The number of benzene rings is 2. The Labute approximate surface area is 133 Å². The van der Waals surface area contributed by atoms with Crippen LogP contribution in [0, 0.1) is 0 Å². The second-order valence-corrected chi connectivity index (χ2v) is 5.76. The van der Waals surface area contributed by atoms with E-state index >= 15 is 0 Å². The third kappa shape index (κ3) is 3.20. The number of anilines is 1. The summed E-state index contributed by atoms with van der Waals surface area (Å²) in [6.45, 7) is 0.504. The van der Waals surface area contributed by atoms with Crippen LogP contribution in [0.4, 0.5) is 5.13 Å². The van der Waals surface area contributed by atoms with Crippen LogP contribution in [0.25, 0.3) is 10.4 Å². The van der Waals surface area contributed by atoms with Crippen LogP contribution in [0.15, 0.2) is 54.7 Å². The van der Waals surface area contributed by atoms with Crippen LogP contribution < -0.4 is 15.2 Å². The highest BCUT2D eigenvalue weighted by Crippen LogP contribution is 2.35. The van der Waals surface area contributed by atoms with E-state index in [-0.39, 0.29) is 0 Å². The Balaban J connectivity index is 1.80. The Bertz CT molecular complexity index is 756. The predicted octanol–water partition coefficient (Wildman–Crippen LogP) is 3.98. The van der Waals surface area contributed by atoms with Crippen molar-refractivity contribution in [2.24, 2.45) is 0 Å². The van der Waals surface area contributed by atoms with Crippen LogP contribution in [0.2, 0.25) is 0 Å². The zero-order chi connectivity index (χ0) is 15.4. The third-order valence-electron chi connectivity index (χ3n) is 3.21. The van der Waals surface area contributed by atoms with Gasteiger partial charge in [-0.3, -0.25) is 0 Å². The molecular formula is C17H16N2O2S. The molecule has 0 fully saturated rings.